The summed E-state index contributed by atoms with van der Waals surface area (Å²) >= 11 is 7.48. The summed E-state index contributed by atoms with van der Waals surface area (Å²) < 4.78 is 11.2. The van der Waals surface area contributed by atoms with E-state index in [9.17, 15) is 0 Å². The van der Waals surface area contributed by atoms with Crippen molar-refractivity contribution in [2.75, 3.05) is 19.0 Å². The highest BCUT2D eigenvalue weighted by Gasteiger charge is 2.21. The largest absolute Gasteiger partial charge is 0.479 e. The van der Waals surface area contributed by atoms with Gasteiger partial charge in [0.2, 0.25) is 5.88 Å². The molecule has 1 rings (SSSR count). The second-order valence-corrected chi connectivity index (χ2v) is 10.0. The van der Waals surface area contributed by atoms with Crippen LogP contribution in [0, 0.1) is 5.92 Å². The van der Waals surface area contributed by atoms with Crippen LogP contribution in [-0.4, -0.2) is 34.1 Å². The molecule has 32 heavy (non-hydrogen) atoms. The lowest BCUT2D eigenvalue weighted by molar-refractivity contribution is 0.137. The van der Waals surface area contributed by atoms with Gasteiger partial charge in [0.05, 0.1) is 12.1 Å². The lowest BCUT2D eigenvalue weighted by atomic mass is 9.94. The molecule has 184 valence electrons. The highest BCUT2D eigenvalue weighted by Crippen LogP contribution is 2.35. The molecule has 1 N–H and O–H groups in total. The van der Waals surface area contributed by atoms with Crippen molar-refractivity contribution in [2.45, 2.75) is 115 Å². The van der Waals surface area contributed by atoms with Crippen molar-refractivity contribution in [2.24, 2.45) is 5.92 Å². The Morgan fingerprint density at radius 3 is 2.16 bits per heavy atom. The summed E-state index contributed by atoms with van der Waals surface area (Å²) in [7, 11) is 1.63. The summed E-state index contributed by atoms with van der Waals surface area (Å²) in [6.45, 7) is 9.21. The van der Waals surface area contributed by atoms with Gasteiger partial charge in [0.1, 0.15) is 22.5 Å². The molecular weight excluding hydrogens is 438 g/mol. The van der Waals surface area contributed by atoms with Gasteiger partial charge in [-0.25, -0.2) is 4.98 Å². The van der Waals surface area contributed by atoms with Crippen molar-refractivity contribution in [1.29, 1.82) is 0 Å². The second kappa shape index (κ2) is 18.5. The summed E-state index contributed by atoms with van der Waals surface area (Å²) in [6.07, 6.45) is 16.7. The monoisotopic (exact) mass is 483 g/mol. The van der Waals surface area contributed by atoms with Crippen molar-refractivity contribution in [3.05, 3.63) is 6.33 Å². The van der Waals surface area contributed by atoms with Crippen molar-refractivity contribution in [3.8, 4) is 5.88 Å². The third kappa shape index (κ3) is 11.8. The summed E-state index contributed by atoms with van der Waals surface area (Å²) in [4.78, 5) is 9.67. The van der Waals surface area contributed by atoms with Gasteiger partial charge >= 0.3 is 0 Å². The van der Waals surface area contributed by atoms with E-state index in [1.807, 2.05) is 13.8 Å². The first-order chi connectivity index (χ1) is 15.6. The molecule has 1 aromatic rings. The molecule has 0 aliphatic rings. The summed E-state index contributed by atoms with van der Waals surface area (Å²) in [5.41, 5.74) is 0.750. The van der Waals surface area contributed by atoms with Gasteiger partial charge < -0.3 is 14.8 Å². The lowest BCUT2D eigenvalue weighted by Gasteiger charge is -2.22. The van der Waals surface area contributed by atoms with E-state index in [0.717, 1.165) is 28.5 Å². The number of thioether (sulfide) groups is 1. The molecule has 2 unspecified atom stereocenters. The number of aromatic nitrogens is 2. The molecule has 0 aromatic carbocycles. The lowest BCUT2D eigenvalue weighted by Crippen LogP contribution is -2.22. The Balaban J connectivity index is 2.84. The topological polar surface area (TPSA) is 56.3 Å². The van der Waals surface area contributed by atoms with E-state index in [1.165, 1.54) is 70.5 Å². The Morgan fingerprint density at radius 2 is 1.56 bits per heavy atom. The van der Waals surface area contributed by atoms with Crippen LogP contribution in [0.15, 0.2) is 11.4 Å². The molecule has 0 spiro atoms. The predicted octanol–water partition coefficient (Wildman–Crippen LogP) is 8.04. The van der Waals surface area contributed by atoms with E-state index >= 15 is 0 Å². The number of hydrogen-bond donors (Lipinski definition) is 1. The number of hydrogen-bond acceptors (Lipinski definition) is 6. The molecule has 0 fully saturated rings. The van der Waals surface area contributed by atoms with Crippen molar-refractivity contribution in [3.63, 3.8) is 0 Å². The van der Waals surface area contributed by atoms with Gasteiger partial charge in [0.15, 0.2) is 0 Å². The predicted molar refractivity (Wildman–Crippen MR) is 142 cm³/mol. The number of nitrogens with one attached hydrogen (secondary N) is 1. The number of rotatable bonds is 19. The minimum absolute atomic E-state index is 0.0123. The minimum Gasteiger partial charge on any atom is -0.479 e. The summed E-state index contributed by atoms with van der Waals surface area (Å²) in [6, 6.07) is 0. The van der Waals surface area contributed by atoms with Crippen LogP contribution in [0.2, 0.25) is 0 Å². The zero-order chi connectivity index (χ0) is 23.6. The molecule has 5 nitrogen and oxygen atoms in total. The molecular formula is C25H45N3O2S2. The Kier molecular flexibility index (Phi) is 16.8. The van der Waals surface area contributed by atoms with Gasteiger partial charge in [0, 0.05) is 12.5 Å². The van der Waals surface area contributed by atoms with Crippen molar-refractivity contribution >= 4 is 34.7 Å². The maximum Gasteiger partial charge on any atom is 0.241 e. The Bertz CT molecular complexity index is 631. The fourth-order valence-corrected chi connectivity index (χ4v) is 4.97. The van der Waals surface area contributed by atoms with Crippen LogP contribution in [0.25, 0.3) is 0 Å². The van der Waals surface area contributed by atoms with Gasteiger partial charge in [-0.05, 0) is 26.7 Å². The molecule has 0 saturated heterocycles. The molecule has 0 amide bonds. The van der Waals surface area contributed by atoms with Crippen molar-refractivity contribution < 1.29 is 9.47 Å². The first kappa shape index (κ1) is 29.1. The first-order valence-corrected chi connectivity index (χ1v) is 13.8. The standard InChI is InChI=1S/C25H45N3O2S2/c1-6-9-11-13-14-16-18-21(17-15-12-10-7-2)24(31)28-22-23(29-5)26-19-27-25(22)32-20(4)30-8-3/h19-21H,6-18H2,1-5H3,(H,28,31). The van der Waals surface area contributed by atoms with Crippen LogP contribution in [0.5, 0.6) is 5.88 Å². The van der Waals surface area contributed by atoms with E-state index < -0.39 is 0 Å². The maximum absolute atomic E-state index is 5.92. The maximum atomic E-state index is 5.92. The molecule has 0 bridgehead atoms. The zero-order valence-electron chi connectivity index (χ0n) is 21.0. The number of anilines is 1. The fraction of sp³-hybridized carbons (Fsp3) is 0.800. The van der Waals surface area contributed by atoms with Gasteiger partial charge in [0.25, 0.3) is 0 Å². The Hall–Kier alpha value is -0.920. The molecule has 7 heteroatoms. The fourth-order valence-electron chi connectivity index (χ4n) is 3.75. The van der Waals surface area contributed by atoms with Gasteiger partial charge in [-0.15, -0.1) is 0 Å². The van der Waals surface area contributed by atoms with Gasteiger partial charge in [-0.3, -0.25) is 0 Å². The van der Waals surface area contributed by atoms with Crippen LogP contribution in [0.1, 0.15) is 105 Å². The normalized spacial score (nSPS) is 13.0. The van der Waals surface area contributed by atoms with Crippen LogP contribution in [-0.2, 0) is 4.74 Å². The molecule has 0 aliphatic carbocycles. The Morgan fingerprint density at radius 1 is 0.969 bits per heavy atom. The smallest absolute Gasteiger partial charge is 0.241 e. The number of unbranched alkanes of at least 4 members (excludes halogenated alkanes) is 8. The molecule has 0 saturated carbocycles. The highest BCUT2D eigenvalue weighted by atomic mass is 32.2. The van der Waals surface area contributed by atoms with E-state index in [2.05, 4.69) is 29.1 Å². The van der Waals surface area contributed by atoms with Crippen LogP contribution in [0.3, 0.4) is 0 Å². The van der Waals surface area contributed by atoms with Gasteiger partial charge in [-0.2, -0.15) is 4.98 Å². The Labute approximate surface area is 206 Å². The van der Waals surface area contributed by atoms with Gasteiger partial charge in [-0.1, -0.05) is 102 Å². The first-order valence-electron chi connectivity index (χ1n) is 12.5. The molecule has 1 aromatic heterocycles. The van der Waals surface area contributed by atoms with Crippen LogP contribution in [0.4, 0.5) is 5.69 Å². The average Bonchev–Trinajstić information content (AvgIpc) is 2.78. The van der Waals surface area contributed by atoms with Crippen LogP contribution >= 0.6 is 24.0 Å². The third-order valence-corrected chi connectivity index (χ3v) is 7.02. The molecule has 2 atom stereocenters. The van der Waals surface area contributed by atoms with E-state index in [-0.39, 0.29) is 5.44 Å². The minimum atomic E-state index is -0.0123. The number of nitrogens with zero attached hydrogens (tertiary/aromatic N) is 2. The summed E-state index contributed by atoms with van der Waals surface area (Å²) in [5, 5.41) is 4.29. The number of methoxy groups -OCH3 is 1. The molecule has 0 aliphatic heterocycles. The summed E-state index contributed by atoms with van der Waals surface area (Å²) in [5.74, 6) is 0.901. The van der Waals surface area contributed by atoms with E-state index in [4.69, 9.17) is 21.7 Å². The SMILES string of the molecule is CCCCCCCCC(CCCCCC)C(=S)Nc1c(OC)ncnc1SC(C)OCC. The third-order valence-electron chi connectivity index (χ3n) is 5.58. The second-order valence-electron chi connectivity index (χ2n) is 8.30. The molecule has 1 heterocycles. The number of thiocarbonyl (C=S) groups is 1. The quantitative estimate of drug-likeness (QED) is 0.0702. The van der Waals surface area contributed by atoms with E-state index in [1.54, 1.807) is 18.9 Å². The average molecular weight is 484 g/mol. The highest BCUT2D eigenvalue weighted by molar-refractivity contribution is 7.99. The van der Waals surface area contributed by atoms with E-state index in [0.29, 0.717) is 18.4 Å². The molecule has 0 radical (unpaired) electrons. The number of ether oxygens (including phenoxy) is 2. The van der Waals surface area contributed by atoms with Crippen molar-refractivity contribution in [1.82, 2.24) is 9.97 Å². The van der Waals surface area contributed by atoms with Crippen LogP contribution < -0.4 is 10.1 Å². The zero-order valence-corrected chi connectivity index (χ0v) is 22.6.